The lowest BCUT2D eigenvalue weighted by Crippen LogP contribution is -2.48. The van der Waals surface area contributed by atoms with Gasteiger partial charge < -0.3 is 9.32 Å². The molecule has 0 aromatic carbocycles. The molecule has 0 bridgehead atoms. The van der Waals surface area contributed by atoms with Gasteiger partial charge in [-0.25, -0.2) is 0 Å². The summed E-state index contributed by atoms with van der Waals surface area (Å²) in [6, 6.07) is 3.23. The maximum Gasteiger partial charge on any atom is 0.289 e. The van der Waals surface area contributed by atoms with Gasteiger partial charge in [0.25, 0.3) is 5.91 Å². The molecule has 1 aromatic rings. The molecule has 1 aliphatic heterocycles. The van der Waals surface area contributed by atoms with Gasteiger partial charge in [0, 0.05) is 26.2 Å². The van der Waals surface area contributed by atoms with Crippen LogP contribution in [0.15, 0.2) is 16.5 Å². The summed E-state index contributed by atoms with van der Waals surface area (Å²) in [7, 11) is 0. The first-order chi connectivity index (χ1) is 8.20. The summed E-state index contributed by atoms with van der Waals surface area (Å²) in [5.74, 6) is 0.270. The third-order valence-electron chi connectivity index (χ3n) is 2.98. The van der Waals surface area contributed by atoms with Gasteiger partial charge in [0.15, 0.2) is 11.0 Å². The Morgan fingerprint density at radius 1 is 1.35 bits per heavy atom. The first-order valence-electron chi connectivity index (χ1n) is 5.97. The van der Waals surface area contributed by atoms with E-state index in [2.05, 4.69) is 11.8 Å². The normalized spacial score (nSPS) is 17.4. The molecule has 1 aliphatic rings. The maximum atomic E-state index is 12.0. The molecule has 0 saturated carbocycles. The Morgan fingerprint density at radius 3 is 2.59 bits per heavy atom. The summed E-state index contributed by atoms with van der Waals surface area (Å²) in [5, 5.41) is 0.262. The summed E-state index contributed by atoms with van der Waals surface area (Å²) in [6.07, 6.45) is 1.15. The SMILES string of the molecule is CCCN1CCN(C(=O)c2ccc(Cl)o2)CC1. The average Bonchev–Trinajstić information content (AvgIpc) is 2.76. The van der Waals surface area contributed by atoms with Crippen LogP contribution in [-0.2, 0) is 0 Å². The van der Waals surface area contributed by atoms with Crippen LogP contribution in [-0.4, -0.2) is 48.4 Å². The van der Waals surface area contributed by atoms with Crippen LogP contribution in [0, 0.1) is 0 Å². The Balaban J connectivity index is 1.90. The van der Waals surface area contributed by atoms with E-state index < -0.39 is 0 Å². The largest absolute Gasteiger partial charge is 0.440 e. The zero-order valence-electron chi connectivity index (χ0n) is 9.99. The van der Waals surface area contributed by atoms with Gasteiger partial charge in [0.05, 0.1) is 0 Å². The van der Waals surface area contributed by atoms with Crippen LogP contribution in [0.3, 0.4) is 0 Å². The fraction of sp³-hybridized carbons (Fsp3) is 0.583. The van der Waals surface area contributed by atoms with Gasteiger partial charge in [-0.2, -0.15) is 0 Å². The highest BCUT2D eigenvalue weighted by Crippen LogP contribution is 2.16. The Bertz CT molecular complexity index is 384. The van der Waals surface area contributed by atoms with Crippen molar-refractivity contribution in [2.75, 3.05) is 32.7 Å². The number of amides is 1. The van der Waals surface area contributed by atoms with E-state index in [9.17, 15) is 4.79 Å². The van der Waals surface area contributed by atoms with E-state index in [1.807, 2.05) is 4.90 Å². The van der Waals surface area contributed by atoms with Crippen LogP contribution in [0.1, 0.15) is 23.9 Å². The molecule has 0 radical (unpaired) electrons. The van der Waals surface area contributed by atoms with Crippen LogP contribution < -0.4 is 0 Å². The molecule has 1 aromatic heterocycles. The number of furan rings is 1. The van der Waals surface area contributed by atoms with Crippen molar-refractivity contribution in [1.82, 2.24) is 9.80 Å². The first kappa shape index (κ1) is 12.5. The third kappa shape index (κ3) is 3.01. The molecule has 2 heterocycles. The maximum absolute atomic E-state index is 12.0. The van der Waals surface area contributed by atoms with Gasteiger partial charge in [0.2, 0.25) is 0 Å². The van der Waals surface area contributed by atoms with Gasteiger partial charge in [-0.1, -0.05) is 6.92 Å². The Hall–Kier alpha value is -1.00. The summed E-state index contributed by atoms with van der Waals surface area (Å²) in [6.45, 7) is 6.67. The van der Waals surface area contributed by atoms with Gasteiger partial charge in [-0.15, -0.1) is 0 Å². The first-order valence-corrected chi connectivity index (χ1v) is 6.35. The minimum Gasteiger partial charge on any atom is -0.440 e. The molecule has 0 atom stereocenters. The second-order valence-electron chi connectivity index (χ2n) is 4.24. The number of carbonyl (C=O) groups is 1. The predicted octanol–water partition coefficient (Wildman–Crippen LogP) is 2.10. The second-order valence-corrected chi connectivity index (χ2v) is 4.61. The zero-order chi connectivity index (χ0) is 12.3. The number of carbonyl (C=O) groups excluding carboxylic acids is 1. The van der Waals surface area contributed by atoms with Crippen molar-refractivity contribution in [3.63, 3.8) is 0 Å². The smallest absolute Gasteiger partial charge is 0.289 e. The molecule has 2 rings (SSSR count). The molecular weight excluding hydrogens is 240 g/mol. The van der Waals surface area contributed by atoms with Crippen molar-refractivity contribution >= 4 is 17.5 Å². The Labute approximate surface area is 106 Å². The third-order valence-corrected chi connectivity index (χ3v) is 3.19. The van der Waals surface area contributed by atoms with Gasteiger partial charge in [-0.05, 0) is 36.7 Å². The Kier molecular flexibility index (Phi) is 4.07. The van der Waals surface area contributed by atoms with Crippen molar-refractivity contribution in [3.8, 4) is 0 Å². The number of piperazine rings is 1. The summed E-state index contributed by atoms with van der Waals surface area (Å²) < 4.78 is 5.13. The van der Waals surface area contributed by atoms with Crippen LogP contribution in [0.4, 0.5) is 0 Å². The number of rotatable bonds is 3. The summed E-state index contributed by atoms with van der Waals surface area (Å²) in [5.41, 5.74) is 0. The van der Waals surface area contributed by atoms with E-state index in [4.69, 9.17) is 16.0 Å². The summed E-state index contributed by atoms with van der Waals surface area (Å²) >= 11 is 5.66. The van der Waals surface area contributed by atoms with E-state index in [1.165, 1.54) is 0 Å². The monoisotopic (exact) mass is 256 g/mol. The fourth-order valence-corrected chi connectivity index (χ4v) is 2.22. The second kappa shape index (κ2) is 5.56. The van der Waals surface area contributed by atoms with Crippen molar-refractivity contribution in [2.45, 2.75) is 13.3 Å². The molecule has 1 fully saturated rings. The standard InChI is InChI=1S/C12H17ClN2O2/c1-2-5-14-6-8-15(9-7-14)12(16)10-3-4-11(13)17-10/h3-4H,2,5-9H2,1H3. The minimum absolute atomic E-state index is 0.0620. The van der Waals surface area contributed by atoms with Gasteiger partial charge >= 0.3 is 0 Å². The van der Waals surface area contributed by atoms with E-state index in [1.54, 1.807) is 12.1 Å². The van der Waals surface area contributed by atoms with Gasteiger partial charge in [0.1, 0.15) is 0 Å². The van der Waals surface area contributed by atoms with E-state index in [0.717, 1.165) is 39.1 Å². The van der Waals surface area contributed by atoms with Gasteiger partial charge in [-0.3, -0.25) is 9.69 Å². The van der Waals surface area contributed by atoms with Crippen molar-refractivity contribution in [1.29, 1.82) is 0 Å². The van der Waals surface area contributed by atoms with E-state index in [-0.39, 0.29) is 11.1 Å². The van der Waals surface area contributed by atoms with Crippen LogP contribution in [0.5, 0.6) is 0 Å². The molecule has 17 heavy (non-hydrogen) atoms. The van der Waals surface area contributed by atoms with E-state index >= 15 is 0 Å². The zero-order valence-corrected chi connectivity index (χ0v) is 10.7. The molecule has 1 saturated heterocycles. The lowest BCUT2D eigenvalue weighted by Gasteiger charge is -2.34. The quantitative estimate of drug-likeness (QED) is 0.831. The van der Waals surface area contributed by atoms with Crippen LogP contribution >= 0.6 is 11.6 Å². The van der Waals surface area contributed by atoms with Crippen molar-refractivity contribution in [2.24, 2.45) is 0 Å². The molecule has 94 valence electrons. The molecule has 0 N–H and O–H groups in total. The molecule has 1 amide bonds. The van der Waals surface area contributed by atoms with Crippen LogP contribution in [0.25, 0.3) is 0 Å². The topological polar surface area (TPSA) is 36.7 Å². The average molecular weight is 257 g/mol. The van der Waals surface area contributed by atoms with Crippen molar-refractivity contribution in [3.05, 3.63) is 23.1 Å². The molecule has 0 unspecified atom stereocenters. The molecule has 0 aliphatic carbocycles. The highest BCUT2D eigenvalue weighted by atomic mass is 35.5. The Morgan fingerprint density at radius 2 is 2.06 bits per heavy atom. The number of hydrogen-bond acceptors (Lipinski definition) is 3. The number of hydrogen-bond donors (Lipinski definition) is 0. The van der Waals surface area contributed by atoms with E-state index in [0.29, 0.717) is 5.76 Å². The van der Waals surface area contributed by atoms with Crippen molar-refractivity contribution < 1.29 is 9.21 Å². The molecule has 5 heteroatoms. The molecule has 4 nitrogen and oxygen atoms in total. The fourth-order valence-electron chi connectivity index (χ4n) is 2.08. The predicted molar refractivity (Wildman–Crippen MR) is 66.4 cm³/mol. The lowest BCUT2D eigenvalue weighted by atomic mass is 10.2. The number of halogens is 1. The molecular formula is C12H17ClN2O2. The highest BCUT2D eigenvalue weighted by molar-refractivity contribution is 6.29. The highest BCUT2D eigenvalue weighted by Gasteiger charge is 2.23. The summed E-state index contributed by atoms with van der Waals surface area (Å²) in [4.78, 5) is 16.2. The van der Waals surface area contributed by atoms with Crippen LogP contribution in [0.2, 0.25) is 5.22 Å². The lowest BCUT2D eigenvalue weighted by molar-refractivity contribution is 0.0607. The number of nitrogens with zero attached hydrogens (tertiary/aromatic N) is 2. The minimum atomic E-state index is -0.0620. The molecule has 0 spiro atoms.